The lowest BCUT2D eigenvalue weighted by Gasteiger charge is -2.33. The smallest absolute Gasteiger partial charge is 0.342 e. The van der Waals surface area contributed by atoms with Crippen molar-refractivity contribution < 1.29 is 18.7 Å². The number of alkyl halides is 1. The standard InChI is InChI=1S/C16H15F2N3O3S/c17-5-12-21-10-4-11(20-2-1-7(19)6-20)9(18)3-8(10)14(22)13(16(23)24)15(21)25-12/h3-4,7,12H,1-2,5-6,19H2,(H,23,24)/t7-,12-/m0/s1. The van der Waals surface area contributed by atoms with Crippen molar-refractivity contribution in [3.63, 3.8) is 0 Å². The molecule has 2 aromatic rings. The van der Waals surface area contributed by atoms with Crippen LogP contribution in [0.4, 0.5) is 14.5 Å². The summed E-state index contributed by atoms with van der Waals surface area (Å²) < 4.78 is 29.3. The molecule has 0 aliphatic carbocycles. The molecule has 0 unspecified atom stereocenters. The Labute approximate surface area is 145 Å². The van der Waals surface area contributed by atoms with Crippen LogP contribution >= 0.6 is 11.8 Å². The van der Waals surface area contributed by atoms with Gasteiger partial charge in [0.2, 0.25) is 5.43 Å². The van der Waals surface area contributed by atoms with Crippen molar-refractivity contribution in [3.8, 4) is 0 Å². The summed E-state index contributed by atoms with van der Waals surface area (Å²) >= 11 is 1.01. The monoisotopic (exact) mass is 367 g/mol. The van der Waals surface area contributed by atoms with E-state index in [0.29, 0.717) is 24.3 Å². The van der Waals surface area contributed by atoms with E-state index in [-0.39, 0.29) is 16.5 Å². The summed E-state index contributed by atoms with van der Waals surface area (Å²) in [6.07, 6.45) is 0.733. The number of fused-ring (bicyclic) bond motifs is 3. The minimum atomic E-state index is -1.39. The maximum atomic E-state index is 14.6. The number of carboxylic acid groups (broad SMARTS) is 1. The average Bonchev–Trinajstić information content (AvgIpc) is 2.96. The highest BCUT2D eigenvalue weighted by molar-refractivity contribution is 8.00. The first-order valence-electron chi connectivity index (χ1n) is 7.80. The summed E-state index contributed by atoms with van der Waals surface area (Å²) in [7, 11) is 0. The van der Waals surface area contributed by atoms with Gasteiger partial charge in [0, 0.05) is 24.5 Å². The number of rotatable bonds is 3. The maximum absolute atomic E-state index is 14.6. The molecule has 2 aliphatic heterocycles. The Bertz CT molecular complexity index is 962. The molecular weight excluding hydrogens is 352 g/mol. The van der Waals surface area contributed by atoms with Gasteiger partial charge < -0.3 is 20.3 Å². The van der Waals surface area contributed by atoms with Crippen molar-refractivity contribution in [3.05, 3.63) is 33.7 Å². The molecule has 9 heteroatoms. The lowest BCUT2D eigenvalue weighted by molar-refractivity contribution is 0.0689. The van der Waals surface area contributed by atoms with Gasteiger partial charge in [-0.25, -0.2) is 13.6 Å². The van der Waals surface area contributed by atoms with Crippen molar-refractivity contribution in [2.45, 2.75) is 22.9 Å². The summed E-state index contributed by atoms with van der Waals surface area (Å²) in [6.45, 7) is 0.374. The fourth-order valence-corrected chi connectivity index (χ4v) is 4.59. The molecule has 6 nitrogen and oxygen atoms in total. The lowest BCUT2D eigenvalue weighted by atomic mass is 10.1. The zero-order chi connectivity index (χ0) is 17.9. The van der Waals surface area contributed by atoms with Crippen molar-refractivity contribution >= 4 is 34.3 Å². The molecule has 4 rings (SSSR count). The fraction of sp³-hybridized carbons (Fsp3) is 0.375. The molecule has 1 fully saturated rings. The zero-order valence-corrected chi connectivity index (χ0v) is 13.9. The van der Waals surface area contributed by atoms with E-state index >= 15 is 0 Å². The van der Waals surface area contributed by atoms with Gasteiger partial charge in [-0.05, 0) is 18.6 Å². The van der Waals surface area contributed by atoms with Gasteiger partial charge >= 0.3 is 5.97 Å². The van der Waals surface area contributed by atoms with E-state index in [0.717, 1.165) is 24.2 Å². The summed E-state index contributed by atoms with van der Waals surface area (Å²) in [4.78, 5) is 25.7. The Morgan fingerprint density at radius 1 is 1.44 bits per heavy atom. The summed E-state index contributed by atoms with van der Waals surface area (Å²) in [5, 5.41) is 8.86. The summed E-state index contributed by atoms with van der Waals surface area (Å²) in [5.41, 5.74) is 5.34. The molecule has 25 heavy (non-hydrogen) atoms. The number of nitrogens with zero attached hydrogens (tertiary/aromatic N) is 2. The predicted octanol–water partition coefficient (Wildman–Crippen LogP) is 1.95. The molecule has 1 aromatic carbocycles. The third kappa shape index (κ3) is 2.33. The molecule has 0 radical (unpaired) electrons. The third-order valence-corrected chi connectivity index (χ3v) is 5.91. The molecule has 2 aliphatic rings. The van der Waals surface area contributed by atoms with Gasteiger partial charge in [-0.15, -0.1) is 0 Å². The molecule has 3 N–H and O–H groups in total. The van der Waals surface area contributed by atoms with E-state index in [1.165, 1.54) is 10.6 Å². The normalized spacial score (nSPS) is 22.1. The zero-order valence-electron chi connectivity index (χ0n) is 13.0. The van der Waals surface area contributed by atoms with Crippen LogP contribution in [0.15, 0.2) is 22.0 Å². The third-order valence-electron chi connectivity index (χ3n) is 4.68. The molecular formula is C16H15F2N3O3S. The second-order valence-corrected chi connectivity index (χ2v) is 7.39. The molecule has 1 saturated heterocycles. The predicted molar refractivity (Wildman–Crippen MR) is 90.8 cm³/mol. The highest BCUT2D eigenvalue weighted by atomic mass is 32.2. The van der Waals surface area contributed by atoms with Crippen LogP contribution in [0.1, 0.15) is 22.2 Å². The first-order chi connectivity index (χ1) is 11.9. The number of hydrogen-bond donors (Lipinski definition) is 2. The van der Waals surface area contributed by atoms with Crippen LogP contribution in [-0.2, 0) is 0 Å². The lowest BCUT2D eigenvalue weighted by Crippen LogP contribution is -2.31. The van der Waals surface area contributed by atoms with Crippen molar-refractivity contribution in [2.75, 3.05) is 24.7 Å². The number of carboxylic acids is 1. The highest BCUT2D eigenvalue weighted by Gasteiger charge is 2.36. The number of benzene rings is 1. The number of halogens is 2. The number of hydrogen-bond acceptors (Lipinski definition) is 5. The van der Waals surface area contributed by atoms with Crippen LogP contribution in [-0.4, -0.2) is 41.4 Å². The molecule has 1 aromatic heterocycles. The van der Waals surface area contributed by atoms with Gasteiger partial charge in [0.05, 0.1) is 16.2 Å². The summed E-state index contributed by atoms with van der Waals surface area (Å²) in [5.74, 6) is -2.00. The van der Waals surface area contributed by atoms with E-state index < -0.39 is 34.8 Å². The van der Waals surface area contributed by atoms with Gasteiger partial charge in [0.15, 0.2) is 0 Å². The Hall–Kier alpha value is -2.13. The van der Waals surface area contributed by atoms with Gasteiger partial charge in [0.25, 0.3) is 0 Å². The van der Waals surface area contributed by atoms with E-state index in [9.17, 15) is 23.5 Å². The number of nitrogens with two attached hydrogens (primary N) is 1. The molecule has 0 amide bonds. The molecule has 0 saturated carbocycles. The Balaban J connectivity index is 1.99. The molecule has 0 spiro atoms. The summed E-state index contributed by atoms with van der Waals surface area (Å²) in [6, 6.07) is 2.50. The first-order valence-corrected chi connectivity index (χ1v) is 8.68. The quantitative estimate of drug-likeness (QED) is 0.862. The van der Waals surface area contributed by atoms with Crippen LogP contribution in [0.25, 0.3) is 10.9 Å². The Kier molecular flexibility index (Phi) is 3.73. The number of carbonyl (C=O) groups is 1. The van der Waals surface area contributed by atoms with Crippen molar-refractivity contribution in [2.24, 2.45) is 5.73 Å². The minimum absolute atomic E-state index is 0.0513. The van der Waals surface area contributed by atoms with Crippen LogP contribution in [0, 0.1) is 5.82 Å². The van der Waals surface area contributed by atoms with Crippen LogP contribution < -0.4 is 16.1 Å². The Morgan fingerprint density at radius 2 is 2.20 bits per heavy atom. The number of thioether (sulfide) groups is 1. The largest absolute Gasteiger partial charge is 0.477 e. The molecule has 2 atom stereocenters. The van der Waals surface area contributed by atoms with Crippen LogP contribution in [0.5, 0.6) is 0 Å². The topological polar surface area (TPSA) is 88.6 Å². The van der Waals surface area contributed by atoms with Crippen molar-refractivity contribution in [1.29, 1.82) is 0 Å². The average molecular weight is 367 g/mol. The Morgan fingerprint density at radius 3 is 2.80 bits per heavy atom. The number of aromatic nitrogens is 1. The van der Waals surface area contributed by atoms with Crippen LogP contribution in [0.2, 0.25) is 0 Å². The van der Waals surface area contributed by atoms with Crippen molar-refractivity contribution in [1.82, 2.24) is 4.57 Å². The van der Waals surface area contributed by atoms with Gasteiger partial charge in [0.1, 0.15) is 23.4 Å². The highest BCUT2D eigenvalue weighted by Crippen LogP contribution is 2.47. The molecule has 0 bridgehead atoms. The maximum Gasteiger partial charge on any atom is 0.342 e. The number of anilines is 1. The minimum Gasteiger partial charge on any atom is -0.477 e. The first kappa shape index (κ1) is 16.3. The second kappa shape index (κ2) is 5.70. The second-order valence-electron chi connectivity index (χ2n) is 6.23. The number of pyridine rings is 1. The van der Waals surface area contributed by atoms with Gasteiger partial charge in [-0.2, -0.15) is 0 Å². The SMILES string of the molecule is N[C@H]1CCN(c2cc3c(cc2F)c(=O)c(C(=O)O)c2n3[C@H](CF)S2)C1. The van der Waals surface area contributed by atoms with E-state index in [1.54, 1.807) is 4.90 Å². The molecule has 3 heterocycles. The number of aromatic carboxylic acids is 1. The fourth-order valence-electron chi connectivity index (χ4n) is 3.47. The van der Waals surface area contributed by atoms with Crippen LogP contribution in [0.3, 0.4) is 0 Å². The van der Waals surface area contributed by atoms with E-state index in [2.05, 4.69) is 0 Å². The van der Waals surface area contributed by atoms with E-state index in [4.69, 9.17) is 5.73 Å². The van der Waals surface area contributed by atoms with E-state index in [1.807, 2.05) is 0 Å². The van der Waals surface area contributed by atoms with Gasteiger partial charge in [-0.3, -0.25) is 4.79 Å². The van der Waals surface area contributed by atoms with Gasteiger partial charge in [-0.1, -0.05) is 11.8 Å². The molecule has 132 valence electrons.